The number of nitrogens with zero attached hydrogens (tertiary/aromatic N) is 2. The van der Waals surface area contributed by atoms with E-state index in [0.717, 1.165) is 31.1 Å². The number of carbonyl (C=O) groups excluding carboxylic acids is 2. The molecule has 0 N–H and O–H groups in total. The van der Waals surface area contributed by atoms with Gasteiger partial charge in [-0.1, -0.05) is 85.0 Å². The molecule has 0 radical (unpaired) electrons. The maximum Gasteiger partial charge on any atom is 0.235 e. The van der Waals surface area contributed by atoms with Crippen LogP contribution in [0.5, 0.6) is 0 Å². The summed E-state index contributed by atoms with van der Waals surface area (Å²) < 4.78 is 0. The molecular formula is C24H40N2O2. The van der Waals surface area contributed by atoms with Crippen LogP contribution in [-0.2, 0) is 9.59 Å². The zero-order chi connectivity index (χ0) is 20.5. The molecule has 2 unspecified atom stereocenters. The van der Waals surface area contributed by atoms with Crippen LogP contribution in [0.4, 0.5) is 0 Å². The minimum absolute atomic E-state index is 0.00750. The predicted octanol–water partition coefficient (Wildman–Crippen LogP) is 6.39. The standard InChI is InChI=1S/C12H18N2O2.C12H22/c1-11(2)4-10(14-9-16)5-12(3,6-11)7-13-8-15;1-3-7-11(8-4-1)12-9-5-2-6-10-12/h10H,4-7H2,1-3H3;11-12H,1-10H2. The molecule has 2 atom stereocenters. The lowest BCUT2D eigenvalue weighted by atomic mass is 9.63. The first-order chi connectivity index (χ1) is 13.4. The molecular weight excluding hydrogens is 348 g/mol. The van der Waals surface area contributed by atoms with Crippen molar-refractivity contribution >= 4 is 12.2 Å². The van der Waals surface area contributed by atoms with Crippen LogP contribution in [0.1, 0.15) is 104 Å². The van der Waals surface area contributed by atoms with Crippen molar-refractivity contribution in [2.24, 2.45) is 32.7 Å². The predicted molar refractivity (Wildman–Crippen MR) is 114 cm³/mol. The molecule has 0 aromatic heterocycles. The third kappa shape index (κ3) is 7.64. The summed E-state index contributed by atoms with van der Waals surface area (Å²) in [6, 6.07) is 0.00750. The zero-order valence-electron chi connectivity index (χ0n) is 18.3. The van der Waals surface area contributed by atoms with Crippen LogP contribution >= 0.6 is 0 Å². The van der Waals surface area contributed by atoms with Gasteiger partial charge >= 0.3 is 0 Å². The molecule has 3 aliphatic rings. The number of aliphatic imine (C=N–C) groups is 2. The average Bonchev–Trinajstić information content (AvgIpc) is 2.67. The van der Waals surface area contributed by atoms with Gasteiger partial charge in [0.1, 0.15) is 0 Å². The Kier molecular flexibility index (Phi) is 9.12. The molecule has 0 saturated heterocycles. The van der Waals surface area contributed by atoms with Gasteiger partial charge in [0, 0.05) is 0 Å². The lowest BCUT2D eigenvalue weighted by Crippen LogP contribution is -2.39. The summed E-state index contributed by atoms with van der Waals surface area (Å²) >= 11 is 0. The molecule has 4 nitrogen and oxygen atoms in total. The Hall–Kier alpha value is -1.24. The second-order valence-corrected chi connectivity index (χ2v) is 10.6. The van der Waals surface area contributed by atoms with Gasteiger partial charge in [0.2, 0.25) is 12.2 Å². The fraction of sp³-hybridized carbons (Fsp3) is 0.917. The molecule has 0 spiro atoms. The molecule has 3 aliphatic carbocycles. The Morgan fingerprint density at radius 1 is 0.786 bits per heavy atom. The van der Waals surface area contributed by atoms with E-state index in [1.54, 1.807) is 37.8 Å². The van der Waals surface area contributed by atoms with Crippen molar-refractivity contribution in [3.8, 4) is 0 Å². The molecule has 0 aliphatic heterocycles. The molecule has 4 heteroatoms. The van der Waals surface area contributed by atoms with E-state index in [4.69, 9.17) is 0 Å². The highest BCUT2D eigenvalue weighted by molar-refractivity contribution is 5.34. The third-order valence-corrected chi connectivity index (χ3v) is 7.15. The van der Waals surface area contributed by atoms with Gasteiger partial charge in [-0.15, -0.1) is 0 Å². The first-order valence-electron chi connectivity index (χ1n) is 11.5. The highest BCUT2D eigenvalue weighted by Crippen LogP contribution is 2.47. The van der Waals surface area contributed by atoms with Crippen LogP contribution < -0.4 is 0 Å². The fourth-order valence-electron chi connectivity index (χ4n) is 6.30. The van der Waals surface area contributed by atoms with E-state index < -0.39 is 0 Å². The van der Waals surface area contributed by atoms with Gasteiger partial charge < -0.3 is 0 Å². The van der Waals surface area contributed by atoms with Crippen LogP contribution in [0.25, 0.3) is 0 Å². The first kappa shape index (κ1) is 23.0. The summed E-state index contributed by atoms with van der Waals surface area (Å²) in [7, 11) is 0. The van der Waals surface area contributed by atoms with Crippen molar-refractivity contribution in [2.75, 3.05) is 6.54 Å². The quantitative estimate of drug-likeness (QED) is 0.414. The van der Waals surface area contributed by atoms with Crippen molar-refractivity contribution in [3.05, 3.63) is 0 Å². The van der Waals surface area contributed by atoms with E-state index in [2.05, 4.69) is 30.8 Å². The molecule has 158 valence electrons. The van der Waals surface area contributed by atoms with Crippen molar-refractivity contribution in [3.63, 3.8) is 0 Å². The van der Waals surface area contributed by atoms with Crippen LogP contribution in [0.15, 0.2) is 9.98 Å². The minimum Gasteiger partial charge on any atom is -0.211 e. The van der Waals surface area contributed by atoms with Gasteiger partial charge in [-0.25, -0.2) is 19.6 Å². The number of isocyanates is 2. The van der Waals surface area contributed by atoms with E-state index >= 15 is 0 Å². The maximum atomic E-state index is 10.3. The van der Waals surface area contributed by atoms with E-state index in [0.29, 0.717) is 6.54 Å². The van der Waals surface area contributed by atoms with E-state index in [-0.39, 0.29) is 16.9 Å². The summed E-state index contributed by atoms with van der Waals surface area (Å²) in [5, 5.41) is 0. The molecule has 0 aromatic carbocycles. The zero-order valence-corrected chi connectivity index (χ0v) is 18.3. The molecule has 3 rings (SSSR count). The highest BCUT2D eigenvalue weighted by atomic mass is 16.1. The first-order valence-corrected chi connectivity index (χ1v) is 11.5. The van der Waals surface area contributed by atoms with Crippen molar-refractivity contribution in [1.82, 2.24) is 0 Å². The van der Waals surface area contributed by atoms with E-state index in [1.807, 2.05) is 0 Å². The monoisotopic (exact) mass is 388 g/mol. The van der Waals surface area contributed by atoms with Gasteiger partial charge in [0.25, 0.3) is 0 Å². The Morgan fingerprint density at radius 3 is 1.79 bits per heavy atom. The Morgan fingerprint density at radius 2 is 1.32 bits per heavy atom. The highest BCUT2D eigenvalue weighted by Gasteiger charge is 2.41. The molecule has 3 saturated carbocycles. The van der Waals surface area contributed by atoms with Gasteiger partial charge in [0.05, 0.1) is 12.6 Å². The van der Waals surface area contributed by atoms with Crippen LogP contribution in [0.2, 0.25) is 0 Å². The average molecular weight is 389 g/mol. The lowest BCUT2D eigenvalue weighted by molar-refractivity contribution is 0.0915. The number of hydrogen-bond acceptors (Lipinski definition) is 4. The molecule has 0 bridgehead atoms. The smallest absolute Gasteiger partial charge is 0.211 e. The summed E-state index contributed by atoms with van der Waals surface area (Å²) in [6.45, 7) is 6.86. The molecule has 3 fully saturated rings. The van der Waals surface area contributed by atoms with Gasteiger partial charge in [-0.05, 0) is 41.9 Å². The minimum atomic E-state index is -0.0653. The van der Waals surface area contributed by atoms with Crippen LogP contribution in [0, 0.1) is 22.7 Å². The van der Waals surface area contributed by atoms with Crippen molar-refractivity contribution < 1.29 is 9.59 Å². The normalized spacial score (nSPS) is 30.9. The second-order valence-electron chi connectivity index (χ2n) is 10.6. The Bertz CT molecular complexity index is 547. The van der Waals surface area contributed by atoms with Crippen molar-refractivity contribution in [1.29, 1.82) is 0 Å². The summed E-state index contributed by atoms with van der Waals surface area (Å²) in [4.78, 5) is 28.0. The largest absolute Gasteiger partial charge is 0.235 e. The SMILES string of the molecule is C1CCC(C2CCCCC2)CC1.CC1(C)CC(N=C=O)CC(C)(CN=C=O)C1. The topological polar surface area (TPSA) is 58.9 Å². The van der Waals surface area contributed by atoms with Crippen LogP contribution in [-0.4, -0.2) is 24.7 Å². The summed E-state index contributed by atoms with van der Waals surface area (Å²) in [5.74, 6) is 2.28. The molecule has 0 heterocycles. The summed E-state index contributed by atoms with van der Waals surface area (Å²) in [6.07, 6.45) is 21.3. The number of rotatable bonds is 4. The summed E-state index contributed by atoms with van der Waals surface area (Å²) in [5.41, 5.74) is 0.0561. The van der Waals surface area contributed by atoms with E-state index in [1.165, 1.54) is 38.5 Å². The molecule has 0 aromatic rings. The van der Waals surface area contributed by atoms with Crippen LogP contribution in [0.3, 0.4) is 0 Å². The van der Waals surface area contributed by atoms with Gasteiger partial charge in [-0.3, -0.25) is 0 Å². The van der Waals surface area contributed by atoms with Gasteiger partial charge in [-0.2, -0.15) is 0 Å². The third-order valence-electron chi connectivity index (χ3n) is 7.15. The van der Waals surface area contributed by atoms with Crippen molar-refractivity contribution in [2.45, 2.75) is 110 Å². The molecule has 28 heavy (non-hydrogen) atoms. The van der Waals surface area contributed by atoms with Gasteiger partial charge in [0.15, 0.2) is 0 Å². The number of hydrogen-bond donors (Lipinski definition) is 0. The lowest BCUT2D eigenvalue weighted by Gasteiger charge is -2.44. The fourth-order valence-corrected chi connectivity index (χ4v) is 6.30. The van der Waals surface area contributed by atoms with E-state index in [9.17, 15) is 9.59 Å². The Labute approximate surface area is 171 Å². The molecule has 0 amide bonds. The maximum absolute atomic E-state index is 10.3. The second kappa shape index (κ2) is 11.1. The Balaban J connectivity index is 0.000000207.